The van der Waals surface area contributed by atoms with E-state index in [4.69, 9.17) is 19.9 Å². The Balaban J connectivity index is 1.29. The fraction of sp³-hybridized carbons (Fsp3) is 0.733. The number of primary amides is 1. The summed E-state index contributed by atoms with van der Waals surface area (Å²) in [6.45, 7) is 9.57. The van der Waals surface area contributed by atoms with Crippen molar-refractivity contribution in [1.29, 1.82) is 0 Å². The molecular formula is C30H45N5O6. The molecule has 6 rings (SSSR count). The Kier molecular flexibility index (Phi) is 8.36. The minimum absolute atomic E-state index is 0.000162. The van der Waals surface area contributed by atoms with E-state index in [-0.39, 0.29) is 41.5 Å². The maximum absolute atomic E-state index is 13.7. The van der Waals surface area contributed by atoms with Crippen LogP contribution in [0.1, 0.15) is 83.0 Å². The van der Waals surface area contributed by atoms with Gasteiger partial charge in [-0.25, -0.2) is 9.48 Å². The van der Waals surface area contributed by atoms with Crippen molar-refractivity contribution in [1.82, 2.24) is 20.4 Å². The van der Waals surface area contributed by atoms with E-state index >= 15 is 0 Å². The number of hydrogen-bond donors (Lipinski definition) is 3. The summed E-state index contributed by atoms with van der Waals surface area (Å²) in [5, 5.41) is 10.9. The third kappa shape index (κ3) is 6.71. The van der Waals surface area contributed by atoms with Crippen molar-refractivity contribution < 1.29 is 28.6 Å². The van der Waals surface area contributed by atoms with Gasteiger partial charge in [0.2, 0.25) is 11.8 Å². The van der Waals surface area contributed by atoms with Crippen LogP contribution in [-0.4, -0.2) is 64.7 Å². The zero-order valence-corrected chi connectivity index (χ0v) is 24.7. The van der Waals surface area contributed by atoms with Gasteiger partial charge in [-0.1, -0.05) is 13.8 Å². The molecule has 4 saturated carbocycles. The highest BCUT2D eigenvalue weighted by atomic mass is 16.6. The van der Waals surface area contributed by atoms with Gasteiger partial charge in [-0.3, -0.25) is 9.59 Å². The topological polar surface area (TPSA) is 147 Å². The molecule has 1 aromatic heterocycles. The largest absolute Gasteiger partial charge is 0.477 e. The molecule has 2 heterocycles. The molecule has 0 spiro atoms. The maximum atomic E-state index is 13.7. The smallest absolute Gasteiger partial charge is 0.405 e. The predicted molar refractivity (Wildman–Crippen MR) is 152 cm³/mol. The molecule has 226 valence electrons. The molecule has 1 saturated heterocycles. The second-order valence-corrected chi connectivity index (χ2v) is 13.5. The summed E-state index contributed by atoms with van der Waals surface area (Å²) in [6.07, 6.45) is 10.2. The van der Waals surface area contributed by atoms with Crippen LogP contribution < -0.4 is 21.1 Å². The summed E-state index contributed by atoms with van der Waals surface area (Å²) in [5.41, 5.74) is 4.64. The lowest BCUT2D eigenvalue weighted by Crippen LogP contribution is -2.63. The van der Waals surface area contributed by atoms with E-state index in [1.807, 2.05) is 33.8 Å². The summed E-state index contributed by atoms with van der Waals surface area (Å²) in [6, 6.07) is -0.000162. The summed E-state index contributed by atoms with van der Waals surface area (Å²) < 4.78 is 18.7. The summed E-state index contributed by atoms with van der Waals surface area (Å²) in [7, 11) is 0. The van der Waals surface area contributed by atoms with Gasteiger partial charge >= 0.3 is 6.09 Å². The first-order valence-corrected chi connectivity index (χ1v) is 15.0. The normalized spacial score (nSPS) is 29.6. The van der Waals surface area contributed by atoms with Crippen LogP contribution in [0.3, 0.4) is 0 Å². The number of rotatable bonds is 10. The molecule has 4 bridgehead atoms. The molecular weight excluding hydrogens is 526 g/mol. The number of hydrogen-bond acceptors (Lipinski definition) is 7. The Morgan fingerprint density at radius 3 is 2.51 bits per heavy atom. The number of aromatic nitrogens is 2. The average Bonchev–Trinajstić information content (AvgIpc) is 3.30. The van der Waals surface area contributed by atoms with Crippen molar-refractivity contribution in [3.63, 3.8) is 0 Å². The van der Waals surface area contributed by atoms with Crippen LogP contribution in [0.5, 0.6) is 5.88 Å². The lowest BCUT2D eigenvalue weighted by Gasteiger charge is -2.58. The van der Waals surface area contributed by atoms with Gasteiger partial charge in [0, 0.05) is 31.4 Å². The first-order valence-electron chi connectivity index (χ1n) is 15.0. The van der Waals surface area contributed by atoms with E-state index in [0.717, 1.165) is 44.9 Å². The Hall–Kier alpha value is -3.08. The quantitative estimate of drug-likeness (QED) is 0.390. The summed E-state index contributed by atoms with van der Waals surface area (Å²) >= 11 is 0. The van der Waals surface area contributed by atoms with Crippen molar-refractivity contribution in [3.05, 3.63) is 17.8 Å². The highest BCUT2D eigenvalue weighted by Crippen LogP contribution is 2.57. The molecule has 0 radical (unpaired) electrons. The summed E-state index contributed by atoms with van der Waals surface area (Å²) in [5.74, 6) is 1.32. The number of amides is 3. The standard InChI is InChI=1S/C30H45N5O6/c1-18(2)17-40-27-23(16-32-35(27)8-7-29(3,4)34-25(36)20-5-9-39-10-6-20)26(37)33-24-21-11-19-12-22(24)15-30(13-19,14-21)41-28(31)38/h7-8,16,18-22,24H,5-6,9-15,17H2,1-4H3,(H2,31,38)(H,33,37)(H,34,36)/b8-7+. The van der Waals surface area contributed by atoms with Gasteiger partial charge in [-0.15, -0.1) is 0 Å². The first kappa shape index (κ1) is 29.4. The SMILES string of the molecule is CC(C)COc1c(C(=O)NC2C3CC4CC2CC(OC(N)=O)(C4)C3)cnn1/C=C/C(C)(C)NC(=O)C1CCOCC1. The molecule has 11 heteroatoms. The minimum atomic E-state index is -0.716. The van der Waals surface area contributed by atoms with Crippen LogP contribution in [0.2, 0.25) is 0 Å². The van der Waals surface area contributed by atoms with Crippen molar-refractivity contribution in [2.24, 2.45) is 35.3 Å². The number of nitrogens with zero attached hydrogens (tertiary/aromatic N) is 2. The van der Waals surface area contributed by atoms with E-state index in [9.17, 15) is 14.4 Å². The minimum Gasteiger partial charge on any atom is -0.477 e. The molecule has 5 fully saturated rings. The lowest BCUT2D eigenvalue weighted by atomic mass is 9.52. The molecule has 2 unspecified atom stereocenters. The molecule has 4 aliphatic carbocycles. The van der Waals surface area contributed by atoms with Gasteiger partial charge in [-0.2, -0.15) is 5.10 Å². The molecule has 11 nitrogen and oxygen atoms in total. The van der Waals surface area contributed by atoms with Crippen molar-refractivity contribution in [2.45, 2.75) is 89.8 Å². The Labute approximate surface area is 241 Å². The molecule has 3 amide bonds. The monoisotopic (exact) mass is 571 g/mol. The predicted octanol–water partition coefficient (Wildman–Crippen LogP) is 3.48. The lowest BCUT2D eigenvalue weighted by molar-refractivity contribution is -0.137. The number of nitrogens with two attached hydrogens (primary N) is 1. The van der Waals surface area contributed by atoms with E-state index < -0.39 is 17.2 Å². The maximum Gasteiger partial charge on any atom is 0.405 e. The van der Waals surface area contributed by atoms with E-state index in [1.54, 1.807) is 10.9 Å². The fourth-order valence-electron chi connectivity index (χ4n) is 7.43. The van der Waals surface area contributed by atoms with E-state index in [1.165, 1.54) is 6.20 Å². The van der Waals surface area contributed by atoms with Gasteiger partial charge in [0.25, 0.3) is 5.91 Å². The highest BCUT2D eigenvalue weighted by molar-refractivity contribution is 5.96. The molecule has 41 heavy (non-hydrogen) atoms. The second-order valence-electron chi connectivity index (χ2n) is 13.5. The molecule has 2 atom stereocenters. The first-order chi connectivity index (χ1) is 19.4. The molecule has 5 aliphatic rings. The van der Waals surface area contributed by atoms with Gasteiger partial charge in [0.15, 0.2) is 0 Å². The Morgan fingerprint density at radius 1 is 1.20 bits per heavy atom. The Bertz CT molecular complexity index is 1150. The van der Waals surface area contributed by atoms with Crippen molar-refractivity contribution in [3.8, 4) is 5.88 Å². The fourth-order valence-corrected chi connectivity index (χ4v) is 7.43. The highest BCUT2D eigenvalue weighted by Gasteiger charge is 2.57. The van der Waals surface area contributed by atoms with E-state index in [2.05, 4.69) is 15.7 Å². The third-order valence-electron chi connectivity index (χ3n) is 9.05. The summed E-state index contributed by atoms with van der Waals surface area (Å²) in [4.78, 5) is 38.0. The zero-order valence-electron chi connectivity index (χ0n) is 24.7. The van der Waals surface area contributed by atoms with Gasteiger partial charge in [0.05, 0.1) is 18.3 Å². The van der Waals surface area contributed by atoms with E-state index in [0.29, 0.717) is 37.2 Å². The van der Waals surface area contributed by atoms with Crippen LogP contribution in [-0.2, 0) is 14.3 Å². The number of nitrogens with one attached hydrogen (secondary N) is 2. The number of carbonyl (C=O) groups is 3. The van der Waals surface area contributed by atoms with Gasteiger partial charge < -0.3 is 30.6 Å². The molecule has 1 aliphatic heterocycles. The zero-order chi connectivity index (χ0) is 29.4. The van der Waals surface area contributed by atoms with Gasteiger partial charge in [0.1, 0.15) is 11.2 Å². The van der Waals surface area contributed by atoms with Gasteiger partial charge in [-0.05, 0) is 88.5 Å². The van der Waals surface area contributed by atoms with Crippen molar-refractivity contribution in [2.75, 3.05) is 19.8 Å². The van der Waals surface area contributed by atoms with Crippen LogP contribution in [0.4, 0.5) is 4.79 Å². The number of carbonyl (C=O) groups excluding carboxylic acids is 3. The van der Waals surface area contributed by atoms with Crippen LogP contribution in [0.15, 0.2) is 12.3 Å². The third-order valence-corrected chi connectivity index (χ3v) is 9.05. The van der Waals surface area contributed by atoms with Crippen LogP contribution in [0, 0.1) is 29.6 Å². The molecule has 0 aromatic carbocycles. The van der Waals surface area contributed by atoms with Crippen molar-refractivity contribution >= 4 is 24.1 Å². The Morgan fingerprint density at radius 2 is 1.88 bits per heavy atom. The second kappa shape index (κ2) is 11.7. The van der Waals surface area contributed by atoms with Crippen LogP contribution in [0.25, 0.3) is 6.20 Å². The van der Waals surface area contributed by atoms with Crippen LogP contribution >= 0.6 is 0 Å². The number of ether oxygens (including phenoxy) is 3. The average molecular weight is 572 g/mol. The molecule has 4 N–H and O–H groups in total. The molecule has 1 aromatic rings.